The summed E-state index contributed by atoms with van der Waals surface area (Å²) in [6.07, 6.45) is 0. The quantitative estimate of drug-likeness (QED) is 0.159. The molecule has 0 saturated heterocycles. The Morgan fingerprint density at radius 2 is 0.857 bits per heavy atom. The number of hydrogen-bond acceptors (Lipinski definition) is 5. The summed E-state index contributed by atoms with van der Waals surface area (Å²) in [6, 6.07) is 84.7. The lowest BCUT2D eigenvalue weighted by atomic mass is 9.68. The number of fused-ring (bicyclic) bond motifs is 9. The highest BCUT2D eigenvalue weighted by atomic mass is 16.6. The van der Waals surface area contributed by atoms with Gasteiger partial charge in [-0.15, -0.1) is 0 Å². The summed E-state index contributed by atoms with van der Waals surface area (Å²) in [7, 11) is 0. The molecule has 0 atom stereocenters. The van der Waals surface area contributed by atoms with Crippen LogP contribution >= 0.6 is 0 Å². The second-order valence-electron chi connectivity index (χ2n) is 17.8. The first-order valence-electron chi connectivity index (χ1n) is 23.6. The van der Waals surface area contributed by atoms with Gasteiger partial charge in [0.15, 0.2) is 40.5 Å². The zero-order valence-electron chi connectivity index (χ0n) is 37.7. The molecule has 1 aliphatic carbocycles. The van der Waals surface area contributed by atoms with Crippen LogP contribution in [0, 0.1) is 0 Å². The monoisotopic (exact) mass is 896 g/mol. The van der Waals surface area contributed by atoms with Crippen molar-refractivity contribution >= 4 is 21.8 Å². The van der Waals surface area contributed by atoms with E-state index in [9.17, 15) is 0 Å². The highest BCUT2D eigenvalue weighted by Gasteiger charge is 2.48. The van der Waals surface area contributed by atoms with Crippen molar-refractivity contribution in [1.82, 2.24) is 19.5 Å². The molecule has 0 saturated carbocycles. The van der Waals surface area contributed by atoms with E-state index in [1.807, 2.05) is 48.5 Å². The Kier molecular flexibility index (Phi) is 9.01. The van der Waals surface area contributed by atoms with Gasteiger partial charge in [-0.05, 0) is 93.5 Å². The Bertz CT molecular complexity index is 3910. The third-order valence-electron chi connectivity index (χ3n) is 14.0. The van der Waals surface area contributed by atoms with Crippen LogP contribution in [0.15, 0.2) is 243 Å². The van der Waals surface area contributed by atoms with Gasteiger partial charge in [0.05, 0.1) is 16.4 Å². The van der Waals surface area contributed by atoms with Crippen molar-refractivity contribution < 1.29 is 9.47 Å². The molecule has 0 bridgehead atoms. The topological polar surface area (TPSA) is 62.1 Å². The van der Waals surface area contributed by atoms with Crippen LogP contribution in [-0.2, 0) is 5.41 Å². The van der Waals surface area contributed by atoms with Crippen molar-refractivity contribution in [3.05, 3.63) is 265 Å². The largest absolute Gasteiger partial charge is 0.449 e. The molecule has 6 nitrogen and oxygen atoms in total. The van der Waals surface area contributed by atoms with E-state index in [2.05, 4.69) is 199 Å². The van der Waals surface area contributed by atoms with Crippen LogP contribution in [0.4, 0.5) is 0 Å². The highest BCUT2D eigenvalue weighted by molar-refractivity contribution is 6.09. The van der Waals surface area contributed by atoms with E-state index in [0.717, 1.165) is 61.2 Å². The van der Waals surface area contributed by atoms with Gasteiger partial charge in [-0.1, -0.05) is 188 Å². The molecular weight excluding hydrogens is 857 g/mol. The number of ether oxygens (including phenoxy) is 2. The standard InChI is InChI=1S/C64H40N4O2/c1-4-18-41(19-5-1)61-65-62(42-32-35-46(36-33-42)68-54-30-16-13-25-48(54)49-26-14-17-31-55(49)68)67-63(66-61)50-27-11-10-24-47(50)43-34-38-56-58(40-43)69-57-39-37-53-59(60(57)70-56)51-28-12-15-29-52(51)64(53,44-20-6-2-7-21-44)45-22-8-3-9-23-45/h1-40H. The summed E-state index contributed by atoms with van der Waals surface area (Å²) in [5, 5.41) is 2.45. The van der Waals surface area contributed by atoms with Crippen LogP contribution in [0.2, 0.25) is 0 Å². The lowest BCUT2D eigenvalue weighted by Crippen LogP contribution is -2.28. The molecular formula is C64H40N4O2. The van der Waals surface area contributed by atoms with Gasteiger partial charge in [-0.25, -0.2) is 15.0 Å². The molecule has 0 N–H and O–H groups in total. The number of benzene rings is 10. The average Bonchev–Trinajstić information content (AvgIpc) is 3.94. The third kappa shape index (κ3) is 6.10. The Morgan fingerprint density at radius 1 is 0.343 bits per heavy atom. The van der Waals surface area contributed by atoms with Crippen molar-refractivity contribution in [2.24, 2.45) is 0 Å². The van der Waals surface area contributed by atoms with Gasteiger partial charge in [0.1, 0.15) is 0 Å². The molecule has 14 rings (SSSR count). The first-order valence-corrected chi connectivity index (χ1v) is 23.6. The zero-order valence-corrected chi connectivity index (χ0v) is 37.7. The predicted octanol–water partition coefficient (Wildman–Crippen LogP) is 15.9. The lowest BCUT2D eigenvalue weighted by molar-refractivity contribution is 0.360. The molecule has 0 radical (unpaired) electrons. The van der Waals surface area contributed by atoms with Crippen LogP contribution in [0.25, 0.3) is 83.9 Å². The summed E-state index contributed by atoms with van der Waals surface area (Å²) in [5.74, 6) is 4.42. The van der Waals surface area contributed by atoms with Crippen LogP contribution < -0.4 is 9.47 Å². The first-order chi connectivity index (χ1) is 34.7. The Balaban J connectivity index is 0.851. The minimum atomic E-state index is -0.549. The van der Waals surface area contributed by atoms with Gasteiger partial charge in [-0.2, -0.15) is 0 Å². The van der Waals surface area contributed by atoms with Gasteiger partial charge in [0.2, 0.25) is 0 Å². The summed E-state index contributed by atoms with van der Waals surface area (Å²) >= 11 is 0. The molecule has 1 aliphatic heterocycles. The molecule has 0 unspecified atom stereocenters. The zero-order chi connectivity index (χ0) is 46.2. The van der Waals surface area contributed by atoms with E-state index < -0.39 is 5.41 Å². The van der Waals surface area contributed by atoms with Gasteiger partial charge >= 0.3 is 0 Å². The molecule has 6 heteroatoms. The number of nitrogens with zero attached hydrogens (tertiary/aromatic N) is 4. The normalized spacial score (nSPS) is 12.9. The highest BCUT2D eigenvalue weighted by Crippen LogP contribution is 2.62. The van der Waals surface area contributed by atoms with Gasteiger partial charge < -0.3 is 14.0 Å². The molecule has 70 heavy (non-hydrogen) atoms. The van der Waals surface area contributed by atoms with E-state index in [4.69, 9.17) is 24.4 Å². The van der Waals surface area contributed by atoms with Gasteiger partial charge in [-0.3, -0.25) is 0 Å². The van der Waals surface area contributed by atoms with Crippen LogP contribution in [-0.4, -0.2) is 19.5 Å². The van der Waals surface area contributed by atoms with Gasteiger partial charge in [0, 0.05) is 38.7 Å². The van der Waals surface area contributed by atoms with E-state index in [0.29, 0.717) is 40.5 Å². The second kappa shape index (κ2) is 15.9. The molecule has 10 aromatic carbocycles. The minimum Gasteiger partial charge on any atom is -0.449 e. The van der Waals surface area contributed by atoms with E-state index in [1.165, 1.54) is 27.5 Å². The minimum absolute atomic E-state index is 0.549. The van der Waals surface area contributed by atoms with Crippen molar-refractivity contribution in [2.45, 2.75) is 5.41 Å². The average molecular weight is 897 g/mol. The Labute approximate surface area is 404 Å². The predicted molar refractivity (Wildman–Crippen MR) is 280 cm³/mol. The third-order valence-corrected chi connectivity index (χ3v) is 14.0. The van der Waals surface area contributed by atoms with E-state index in [-0.39, 0.29) is 0 Å². The first kappa shape index (κ1) is 39.7. The summed E-state index contributed by atoms with van der Waals surface area (Å²) in [6.45, 7) is 0. The SMILES string of the molecule is c1ccc(-c2nc(-c3ccc(-n4c5ccccc5c5ccccc54)cc3)nc(-c3ccccc3-c3ccc4c(c3)Oc3ccc5c(c3O4)-c3ccccc3C5(c3ccccc3)c3ccccc3)n2)cc1. The fraction of sp³-hybridized carbons (Fsp3) is 0.0156. The number of rotatable bonds is 7. The number of para-hydroxylation sites is 2. The van der Waals surface area contributed by atoms with Crippen molar-refractivity contribution in [1.29, 1.82) is 0 Å². The van der Waals surface area contributed by atoms with Gasteiger partial charge in [0.25, 0.3) is 0 Å². The maximum atomic E-state index is 6.99. The molecule has 2 aromatic heterocycles. The van der Waals surface area contributed by atoms with Crippen LogP contribution in [0.1, 0.15) is 22.3 Å². The summed E-state index contributed by atoms with van der Waals surface area (Å²) in [4.78, 5) is 15.5. The molecule has 2 aliphatic rings. The smallest absolute Gasteiger partial charge is 0.178 e. The van der Waals surface area contributed by atoms with E-state index >= 15 is 0 Å². The second-order valence-corrected chi connectivity index (χ2v) is 17.8. The summed E-state index contributed by atoms with van der Waals surface area (Å²) in [5.41, 5.74) is 14.3. The number of hydrogen-bond donors (Lipinski definition) is 0. The number of aromatic nitrogens is 4. The van der Waals surface area contributed by atoms with E-state index in [1.54, 1.807) is 0 Å². The molecule has 3 heterocycles. The van der Waals surface area contributed by atoms with Crippen molar-refractivity contribution in [3.8, 4) is 85.1 Å². The fourth-order valence-electron chi connectivity index (χ4n) is 11.0. The summed E-state index contributed by atoms with van der Waals surface area (Å²) < 4.78 is 16.2. The maximum absolute atomic E-state index is 6.99. The Morgan fingerprint density at radius 3 is 1.53 bits per heavy atom. The van der Waals surface area contributed by atoms with Crippen molar-refractivity contribution in [2.75, 3.05) is 0 Å². The van der Waals surface area contributed by atoms with Crippen LogP contribution in [0.5, 0.6) is 23.0 Å². The van der Waals surface area contributed by atoms with Crippen molar-refractivity contribution in [3.63, 3.8) is 0 Å². The maximum Gasteiger partial charge on any atom is 0.178 e. The molecule has 0 amide bonds. The Hall–Kier alpha value is -9.39. The molecule has 12 aromatic rings. The van der Waals surface area contributed by atoms with Crippen LogP contribution in [0.3, 0.4) is 0 Å². The molecule has 328 valence electrons. The molecule has 0 fully saturated rings. The fourth-order valence-corrected chi connectivity index (χ4v) is 11.0. The molecule has 0 spiro atoms. The lowest BCUT2D eigenvalue weighted by Gasteiger charge is -2.34.